The van der Waals surface area contributed by atoms with Gasteiger partial charge < -0.3 is 4.74 Å². The summed E-state index contributed by atoms with van der Waals surface area (Å²) < 4.78 is 44.8. The number of nitrogens with one attached hydrogen (secondary N) is 2. The fourth-order valence-corrected chi connectivity index (χ4v) is 4.31. The molecule has 1 fully saturated rings. The molecule has 0 bridgehead atoms. The number of amides is 2. The molecule has 1 aliphatic rings. The van der Waals surface area contributed by atoms with Gasteiger partial charge >= 0.3 is 0 Å². The van der Waals surface area contributed by atoms with Gasteiger partial charge in [-0.15, -0.1) is 0 Å². The van der Waals surface area contributed by atoms with Crippen LogP contribution in [0.2, 0.25) is 0 Å². The van der Waals surface area contributed by atoms with Gasteiger partial charge in [-0.25, -0.2) is 12.8 Å². The van der Waals surface area contributed by atoms with Gasteiger partial charge in [0.2, 0.25) is 10.0 Å². The largest absolute Gasteiger partial charge is 0.481 e. The Morgan fingerprint density at radius 1 is 1.00 bits per heavy atom. The number of carbonyl (C=O) groups excluding carboxylic acids is 2. The van der Waals surface area contributed by atoms with Gasteiger partial charge in [0.05, 0.1) is 4.90 Å². The van der Waals surface area contributed by atoms with E-state index in [1.165, 1.54) is 46.8 Å². The van der Waals surface area contributed by atoms with Crippen LogP contribution >= 0.6 is 0 Å². The van der Waals surface area contributed by atoms with Crippen LogP contribution in [0.3, 0.4) is 0 Å². The summed E-state index contributed by atoms with van der Waals surface area (Å²) in [5, 5.41) is 0. The van der Waals surface area contributed by atoms with Crippen molar-refractivity contribution in [3.63, 3.8) is 0 Å². The summed E-state index contributed by atoms with van der Waals surface area (Å²) >= 11 is 0. The predicted molar refractivity (Wildman–Crippen MR) is 102 cm³/mol. The predicted octanol–water partition coefficient (Wildman–Crippen LogP) is 1.45. The third-order valence-electron chi connectivity index (χ3n) is 4.33. The van der Waals surface area contributed by atoms with E-state index in [4.69, 9.17) is 4.74 Å². The van der Waals surface area contributed by atoms with Gasteiger partial charge in [-0.3, -0.25) is 20.4 Å². The average molecular weight is 421 g/mol. The van der Waals surface area contributed by atoms with Gasteiger partial charge in [0.15, 0.2) is 18.2 Å². The van der Waals surface area contributed by atoms with E-state index in [1.54, 1.807) is 6.07 Å². The minimum absolute atomic E-state index is 0.0798. The van der Waals surface area contributed by atoms with Crippen molar-refractivity contribution in [2.24, 2.45) is 0 Å². The quantitative estimate of drug-likeness (QED) is 0.687. The lowest BCUT2D eigenvalue weighted by Crippen LogP contribution is -2.43. The first-order valence-corrected chi connectivity index (χ1v) is 10.4. The summed E-state index contributed by atoms with van der Waals surface area (Å²) in [6.45, 7) is 0.491. The second-order valence-corrected chi connectivity index (χ2v) is 8.29. The Bertz CT molecular complexity index is 989. The summed E-state index contributed by atoms with van der Waals surface area (Å²) in [5.74, 6) is -2.00. The number of rotatable bonds is 6. The SMILES string of the molecule is O=C(COc1ccccc1F)NNC(=O)c1ccc(S(=O)(=O)N2CCCC2)cc1. The standard InChI is InChI=1S/C19H20FN3O5S/c20-16-5-1-2-6-17(16)28-13-18(24)21-22-19(25)14-7-9-15(10-8-14)29(26,27)23-11-3-4-12-23/h1-2,5-10H,3-4,11-13H2,(H,21,24)(H,22,25). The summed E-state index contributed by atoms with van der Waals surface area (Å²) in [6, 6.07) is 11.1. The minimum atomic E-state index is -3.56. The first kappa shape index (κ1) is 20.7. The highest BCUT2D eigenvalue weighted by Gasteiger charge is 2.27. The molecule has 2 amide bonds. The lowest BCUT2D eigenvalue weighted by atomic mass is 10.2. The van der Waals surface area contributed by atoms with E-state index < -0.39 is 34.3 Å². The van der Waals surface area contributed by atoms with Crippen LogP contribution in [0.1, 0.15) is 23.2 Å². The van der Waals surface area contributed by atoms with Gasteiger partial charge in [-0.2, -0.15) is 4.31 Å². The summed E-state index contributed by atoms with van der Waals surface area (Å²) in [6.07, 6.45) is 1.67. The number of hydrazine groups is 1. The maximum atomic E-state index is 13.4. The number of halogens is 1. The van der Waals surface area contributed by atoms with Crippen LogP contribution < -0.4 is 15.6 Å². The fourth-order valence-electron chi connectivity index (χ4n) is 2.80. The van der Waals surface area contributed by atoms with Crippen LogP contribution in [0.4, 0.5) is 4.39 Å². The molecule has 2 aromatic carbocycles. The molecule has 0 unspecified atom stereocenters. The molecule has 1 heterocycles. The zero-order valence-corrected chi connectivity index (χ0v) is 16.2. The van der Waals surface area contributed by atoms with Crippen molar-refractivity contribution in [2.45, 2.75) is 17.7 Å². The topological polar surface area (TPSA) is 105 Å². The molecule has 1 aliphatic heterocycles. The highest BCUT2D eigenvalue weighted by Crippen LogP contribution is 2.21. The van der Waals surface area contributed by atoms with E-state index >= 15 is 0 Å². The lowest BCUT2D eigenvalue weighted by Gasteiger charge is -2.15. The highest BCUT2D eigenvalue weighted by molar-refractivity contribution is 7.89. The third kappa shape index (κ3) is 5.09. The lowest BCUT2D eigenvalue weighted by molar-refractivity contribution is -0.123. The average Bonchev–Trinajstić information content (AvgIpc) is 3.27. The summed E-state index contributed by atoms with van der Waals surface area (Å²) in [4.78, 5) is 24.0. The Hall–Kier alpha value is -2.98. The maximum absolute atomic E-state index is 13.4. The minimum Gasteiger partial charge on any atom is -0.481 e. The van der Waals surface area contributed by atoms with Crippen molar-refractivity contribution < 1.29 is 27.1 Å². The first-order chi connectivity index (χ1) is 13.9. The summed E-state index contributed by atoms with van der Waals surface area (Å²) in [5.41, 5.74) is 4.51. The molecule has 29 heavy (non-hydrogen) atoms. The Kier molecular flexibility index (Phi) is 6.45. The number of carbonyl (C=O) groups is 2. The Balaban J connectivity index is 1.51. The zero-order valence-electron chi connectivity index (χ0n) is 15.4. The van der Waals surface area contributed by atoms with E-state index in [-0.39, 0.29) is 16.2 Å². The van der Waals surface area contributed by atoms with Gasteiger partial charge in [0, 0.05) is 18.7 Å². The third-order valence-corrected chi connectivity index (χ3v) is 6.24. The molecule has 10 heteroatoms. The molecule has 0 saturated carbocycles. The van der Waals surface area contributed by atoms with Gasteiger partial charge in [-0.1, -0.05) is 12.1 Å². The Morgan fingerprint density at radius 2 is 1.66 bits per heavy atom. The molecule has 0 aliphatic carbocycles. The van der Waals surface area contributed by atoms with Crippen LogP contribution in [0.25, 0.3) is 0 Å². The van der Waals surface area contributed by atoms with E-state index in [0.29, 0.717) is 13.1 Å². The van der Waals surface area contributed by atoms with Crippen LogP contribution in [0.15, 0.2) is 53.4 Å². The molecule has 2 aromatic rings. The smallest absolute Gasteiger partial charge is 0.276 e. The Labute approximate surface area is 167 Å². The molecule has 0 atom stereocenters. The first-order valence-electron chi connectivity index (χ1n) is 8.94. The molecule has 154 valence electrons. The van der Waals surface area contributed by atoms with E-state index in [9.17, 15) is 22.4 Å². The molecular formula is C19H20FN3O5S. The molecule has 3 rings (SSSR count). The van der Waals surface area contributed by atoms with Crippen molar-refractivity contribution in [1.82, 2.24) is 15.2 Å². The maximum Gasteiger partial charge on any atom is 0.276 e. The van der Waals surface area contributed by atoms with Gasteiger partial charge in [-0.05, 0) is 49.2 Å². The number of ether oxygens (including phenoxy) is 1. The molecule has 1 saturated heterocycles. The van der Waals surface area contributed by atoms with Crippen molar-refractivity contribution in [3.05, 3.63) is 59.9 Å². The van der Waals surface area contributed by atoms with Crippen LogP contribution in [-0.2, 0) is 14.8 Å². The number of hydrogen-bond donors (Lipinski definition) is 2. The molecule has 0 aromatic heterocycles. The highest BCUT2D eigenvalue weighted by atomic mass is 32.2. The number of benzene rings is 2. The fraction of sp³-hybridized carbons (Fsp3) is 0.263. The van der Waals surface area contributed by atoms with Gasteiger partial charge in [0.25, 0.3) is 11.8 Å². The monoisotopic (exact) mass is 421 g/mol. The van der Waals surface area contributed by atoms with Crippen molar-refractivity contribution in [2.75, 3.05) is 19.7 Å². The van der Waals surface area contributed by atoms with Crippen LogP contribution in [-0.4, -0.2) is 44.2 Å². The molecule has 8 nitrogen and oxygen atoms in total. The van der Waals surface area contributed by atoms with E-state index in [0.717, 1.165) is 12.8 Å². The van der Waals surface area contributed by atoms with Crippen LogP contribution in [0, 0.1) is 5.82 Å². The normalized spacial score (nSPS) is 14.4. The van der Waals surface area contributed by atoms with E-state index in [1.807, 2.05) is 0 Å². The van der Waals surface area contributed by atoms with Gasteiger partial charge in [0.1, 0.15) is 0 Å². The second-order valence-electron chi connectivity index (χ2n) is 6.36. The van der Waals surface area contributed by atoms with Crippen LogP contribution in [0.5, 0.6) is 5.75 Å². The number of hydrogen-bond acceptors (Lipinski definition) is 5. The summed E-state index contributed by atoms with van der Waals surface area (Å²) in [7, 11) is -3.56. The molecule has 0 radical (unpaired) electrons. The molecular weight excluding hydrogens is 401 g/mol. The number of para-hydroxylation sites is 1. The Morgan fingerprint density at radius 3 is 2.31 bits per heavy atom. The number of sulfonamides is 1. The van der Waals surface area contributed by atoms with Crippen molar-refractivity contribution in [1.29, 1.82) is 0 Å². The number of nitrogens with zero attached hydrogens (tertiary/aromatic N) is 1. The zero-order chi connectivity index (χ0) is 20.9. The van der Waals surface area contributed by atoms with Crippen molar-refractivity contribution >= 4 is 21.8 Å². The van der Waals surface area contributed by atoms with Crippen molar-refractivity contribution in [3.8, 4) is 5.75 Å². The molecule has 2 N–H and O–H groups in total. The second kappa shape index (κ2) is 9.01. The van der Waals surface area contributed by atoms with E-state index in [2.05, 4.69) is 10.9 Å². The molecule has 0 spiro atoms.